The van der Waals surface area contributed by atoms with Crippen LogP contribution >= 0.6 is 12.4 Å². The number of aliphatic hydroxyl groups excluding tert-OH is 1. The molecule has 17 heavy (non-hydrogen) atoms. The summed E-state index contributed by atoms with van der Waals surface area (Å²) < 4.78 is 0. The van der Waals surface area contributed by atoms with Crippen molar-refractivity contribution in [2.24, 2.45) is 11.8 Å². The van der Waals surface area contributed by atoms with E-state index in [9.17, 15) is 9.90 Å². The Balaban J connectivity index is 0.00000144. The highest BCUT2D eigenvalue weighted by Crippen LogP contribution is 2.24. The third-order valence-corrected chi connectivity index (χ3v) is 3.82. The summed E-state index contributed by atoms with van der Waals surface area (Å²) in [6, 6.07) is 0. The molecular formula is C12H23ClN2O2. The van der Waals surface area contributed by atoms with Gasteiger partial charge in [-0.15, -0.1) is 12.4 Å². The van der Waals surface area contributed by atoms with Crippen LogP contribution < -0.4 is 10.6 Å². The van der Waals surface area contributed by atoms with Crippen LogP contribution in [0, 0.1) is 11.8 Å². The predicted molar refractivity (Wildman–Crippen MR) is 69.2 cm³/mol. The summed E-state index contributed by atoms with van der Waals surface area (Å²) in [4.78, 5) is 11.6. The van der Waals surface area contributed by atoms with Gasteiger partial charge < -0.3 is 15.7 Å². The van der Waals surface area contributed by atoms with E-state index < -0.39 is 0 Å². The molecule has 2 rings (SSSR count). The van der Waals surface area contributed by atoms with Gasteiger partial charge in [-0.1, -0.05) is 6.42 Å². The number of hydrogen-bond acceptors (Lipinski definition) is 3. The van der Waals surface area contributed by atoms with Crippen LogP contribution in [-0.4, -0.2) is 36.8 Å². The fourth-order valence-corrected chi connectivity index (χ4v) is 2.72. The molecule has 2 fully saturated rings. The van der Waals surface area contributed by atoms with Crippen LogP contribution in [0.3, 0.4) is 0 Å². The molecule has 1 aliphatic heterocycles. The van der Waals surface area contributed by atoms with Crippen molar-refractivity contribution in [3.05, 3.63) is 0 Å². The van der Waals surface area contributed by atoms with Gasteiger partial charge in [0.25, 0.3) is 0 Å². The second-order valence-corrected chi connectivity index (χ2v) is 5.13. The predicted octanol–water partition coefficient (Wildman–Crippen LogP) is 0.685. The zero-order valence-corrected chi connectivity index (χ0v) is 11.0. The molecule has 0 bridgehead atoms. The number of nitrogens with one attached hydrogen (secondary N) is 2. The van der Waals surface area contributed by atoms with E-state index in [0.29, 0.717) is 18.9 Å². The van der Waals surface area contributed by atoms with E-state index >= 15 is 0 Å². The van der Waals surface area contributed by atoms with Crippen molar-refractivity contribution in [2.75, 3.05) is 19.6 Å². The van der Waals surface area contributed by atoms with Gasteiger partial charge in [0.15, 0.2) is 0 Å². The Labute approximate surface area is 109 Å². The number of carbonyl (C=O) groups is 1. The zero-order chi connectivity index (χ0) is 11.4. The van der Waals surface area contributed by atoms with E-state index in [1.807, 2.05) is 0 Å². The Morgan fingerprint density at radius 2 is 2.18 bits per heavy atom. The molecule has 3 atom stereocenters. The highest BCUT2D eigenvalue weighted by molar-refractivity contribution is 5.85. The number of aliphatic hydroxyl groups is 1. The number of hydrogen-bond donors (Lipinski definition) is 3. The molecule has 1 saturated carbocycles. The number of rotatable bonds is 4. The van der Waals surface area contributed by atoms with Crippen molar-refractivity contribution >= 4 is 18.3 Å². The molecule has 0 aromatic carbocycles. The van der Waals surface area contributed by atoms with Crippen LogP contribution in [0.1, 0.15) is 32.1 Å². The van der Waals surface area contributed by atoms with E-state index in [2.05, 4.69) is 10.6 Å². The highest BCUT2D eigenvalue weighted by atomic mass is 35.5. The lowest BCUT2D eigenvalue weighted by Gasteiger charge is -2.16. The normalized spacial score (nSPS) is 32.2. The quantitative estimate of drug-likeness (QED) is 0.699. The van der Waals surface area contributed by atoms with Crippen LogP contribution in [0.25, 0.3) is 0 Å². The molecule has 0 aromatic heterocycles. The van der Waals surface area contributed by atoms with Gasteiger partial charge in [-0.05, 0) is 38.3 Å². The molecule has 1 amide bonds. The highest BCUT2D eigenvalue weighted by Gasteiger charge is 2.25. The molecule has 0 spiro atoms. The Bertz CT molecular complexity index is 245. The fraction of sp³-hybridized carbons (Fsp3) is 0.917. The van der Waals surface area contributed by atoms with Gasteiger partial charge in [0, 0.05) is 18.9 Å². The van der Waals surface area contributed by atoms with Crippen LogP contribution in [-0.2, 0) is 4.79 Å². The van der Waals surface area contributed by atoms with Gasteiger partial charge in [0.05, 0.1) is 6.10 Å². The van der Waals surface area contributed by atoms with Gasteiger partial charge in [-0.3, -0.25) is 4.79 Å². The lowest BCUT2D eigenvalue weighted by molar-refractivity contribution is -0.122. The van der Waals surface area contributed by atoms with Crippen LogP contribution in [0.2, 0.25) is 0 Å². The van der Waals surface area contributed by atoms with Crippen molar-refractivity contribution in [2.45, 2.75) is 38.2 Å². The van der Waals surface area contributed by atoms with E-state index in [1.54, 1.807) is 0 Å². The molecule has 1 aliphatic carbocycles. The SMILES string of the molecule is Cl.O=C(CC1CCNC1)NCC1CCCC1O. The molecule has 0 aromatic rings. The van der Waals surface area contributed by atoms with Gasteiger partial charge in [-0.25, -0.2) is 0 Å². The van der Waals surface area contributed by atoms with Crippen molar-refractivity contribution in [1.29, 1.82) is 0 Å². The summed E-state index contributed by atoms with van der Waals surface area (Å²) in [6.45, 7) is 2.67. The second kappa shape index (κ2) is 7.19. The molecule has 1 saturated heterocycles. The van der Waals surface area contributed by atoms with Crippen molar-refractivity contribution < 1.29 is 9.90 Å². The molecule has 1 heterocycles. The maximum Gasteiger partial charge on any atom is 0.220 e. The summed E-state index contributed by atoms with van der Waals surface area (Å²) in [5.41, 5.74) is 0. The van der Waals surface area contributed by atoms with Gasteiger partial charge in [0.2, 0.25) is 5.91 Å². The summed E-state index contributed by atoms with van der Waals surface area (Å²) >= 11 is 0. The molecule has 0 radical (unpaired) electrons. The third-order valence-electron chi connectivity index (χ3n) is 3.82. The maximum atomic E-state index is 11.6. The van der Waals surface area contributed by atoms with E-state index in [1.165, 1.54) is 0 Å². The van der Waals surface area contributed by atoms with E-state index in [0.717, 1.165) is 38.8 Å². The first kappa shape index (κ1) is 14.7. The average molecular weight is 263 g/mol. The van der Waals surface area contributed by atoms with Crippen LogP contribution in [0.4, 0.5) is 0 Å². The third kappa shape index (κ3) is 4.45. The smallest absolute Gasteiger partial charge is 0.220 e. The van der Waals surface area contributed by atoms with Crippen molar-refractivity contribution in [3.8, 4) is 0 Å². The number of amides is 1. The lowest BCUT2D eigenvalue weighted by Crippen LogP contribution is -2.33. The van der Waals surface area contributed by atoms with Gasteiger partial charge in [-0.2, -0.15) is 0 Å². The number of carbonyl (C=O) groups excluding carboxylic acids is 1. The summed E-state index contributed by atoms with van der Waals surface area (Å²) in [5, 5.41) is 15.8. The second-order valence-electron chi connectivity index (χ2n) is 5.13. The summed E-state index contributed by atoms with van der Waals surface area (Å²) in [5.74, 6) is 0.937. The van der Waals surface area contributed by atoms with Crippen LogP contribution in [0.5, 0.6) is 0 Å². The minimum atomic E-state index is -0.201. The van der Waals surface area contributed by atoms with Crippen molar-refractivity contribution in [3.63, 3.8) is 0 Å². The Kier molecular flexibility index (Phi) is 6.23. The standard InChI is InChI=1S/C12H22N2O2.ClH/c15-11-3-1-2-10(11)8-14-12(16)6-9-4-5-13-7-9;/h9-11,13,15H,1-8H2,(H,14,16);1H. The molecular weight excluding hydrogens is 240 g/mol. The zero-order valence-electron chi connectivity index (χ0n) is 10.2. The molecule has 2 aliphatic rings. The lowest BCUT2D eigenvalue weighted by atomic mass is 10.0. The topological polar surface area (TPSA) is 61.4 Å². The molecule has 5 heteroatoms. The first-order valence-electron chi connectivity index (χ1n) is 6.41. The van der Waals surface area contributed by atoms with Crippen molar-refractivity contribution in [1.82, 2.24) is 10.6 Å². The van der Waals surface area contributed by atoms with E-state index in [-0.39, 0.29) is 30.3 Å². The monoisotopic (exact) mass is 262 g/mol. The average Bonchev–Trinajstić information content (AvgIpc) is 2.87. The largest absolute Gasteiger partial charge is 0.393 e. The minimum absolute atomic E-state index is 0. The molecule has 3 unspecified atom stereocenters. The Morgan fingerprint density at radius 3 is 2.76 bits per heavy atom. The Hall–Kier alpha value is -0.320. The Morgan fingerprint density at radius 1 is 1.35 bits per heavy atom. The summed E-state index contributed by atoms with van der Waals surface area (Å²) in [6.07, 6.45) is 4.58. The fourth-order valence-electron chi connectivity index (χ4n) is 2.72. The van der Waals surface area contributed by atoms with E-state index in [4.69, 9.17) is 0 Å². The molecule has 4 nitrogen and oxygen atoms in total. The van der Waals surface area contributed by atoms with Crippen LogP contribution in [0.15, 0.2) is 0 Å². The molecule has 100 valence electrons. The first-order chi connectivity index (χ1) is 7.75. The number of halogens is 1. The van der Waals surface area contributed by atoms with Gasteiger partial charge in [0.1, 0.15) is 0 Å². The summed E-state index contributed by atoms with van der Waals surface area (Å²) in [7, 11) is 0. The minimum Gasteiger partial charge on any atom is -0.393 e. The van der Waals surface area contributed by atoms with Gasteiger partial charge >= 0.3 is 0 Å². The molecule has 3 N–H and O–H groups in total. The maximum absolute atomic E-state index is 11.6. The first-order valence-corrected chi connectivity index (χ1v) is 6.41.